The number of hydrogen-bond acceptors (Lipinski definition) is 3. The van der Waals surface area contributed by atoms with E-state index in [9.17, 15) is 4.79 Å². The van der Waals surface area contributed by atoms with Crippen LogP contribution in [0.25, 0.3) is 0 Å². The third kappa shape index (κ3) is 6.62. The maximum Gasteiger partial charge on any atom is 0.331 e. The molecular weight excluding hydrogens is 242 g/mol. The summed E-state index contributed by atoms with van der Waals surface area (Å²) in [5.41, 5.74) is 0.452. The number of ether oxygens (including phenoxy) is 1. The number of benzene rings is 1. The van der Waals surface area contributed by atoms with Gasteiger partial charge in [-0.3, -0.25) is 0 Å². The van der Waals surface area contributed by atoms with Gasteiger partial charge in [0.1, 0.15) is 5.75 Å². The minimum atomic E-state index is -0.836. The van der Waals surface area contributed by atoms with Gasteiger partial charge < -0.3 is 15.2 Å². The van der Waals surface area contributed by atoms with Crippen LogP contribution in [0.15, 0.2) is 42.0 Å². The summed E-state index contributed by atoms with van der Waals surface area (Å²) < 4.78 is 5.54. The lowest BCUT2D eigenvalue weighted by Crippen LogP contribution is -2.18. The molecule has 0 bridgehead atoms. The van der Waals surface area contributed by atoms with Crippen LogP contribution in [0.3, 0.4) is 0 Å². The van der Waals surface area contributed by atoms with E-state index in [1.54, 1.807) is 6.08 Å². The van der Waals surface area contributed by atoms with E-state index in [0.717, 1.165) is 18.7 Å². The molecule has 4 heteroatoms. The number of hydrogen-bond donors (Lipinski definition) is 2. The van der Waals surface area contributed by atoms with Gasteiger partial charge in [-0.15, -0.1) is 0 Å². The van der Waals surface area contributed by atoms with Crippen molar-refractivity contribution in [1.82, 2.24) is 5.32 Å². The van der Waals surface area contributed by atoms with Crippen LogP contribution in [0.2, 0.25) is 0 Å². The molecule has 1 rings (SSSR count). The van der Waals surface area contributed by atoms with E-state index in [4.69, 9.17) is 9.84 Å². The van der Waals surface area contributed by atoms with Crippen molar-refractivity contribution in [2.24, 2.45) is 0 Å². The van der Waals surface area contributed by atoms with Crippen molar-refractivity contribution < 1.29 is 14.6 Å². The van der Waals surface area contributed by atoms with E-state index in [0.29, 0.717) is 25.1 Å². The first kappa shape index (κ1) is 15.2. The predicted molar refractivity (Wildman–Crippen MR) is 75.4 cm³/mol. The fourth-order valence-corrected chi connectivity index (χ4v) is 1.58. The molecule has 0 aromatic heterocycles. The Morgan fingerprint density at radius 1 is 1.37 bits per heavy atom. The molecule has 0 aliphatic heterocycles. The highest BCUT2D eigenvalue weighted by molar-refractivity contribution is 5.86. The molecule has 0 fully saturated rings. The molecule has 1 aromatic carbocycles. The summed E-state index contributed by atoms with van der Waals surface area (Å²) in [5.74, 6) is 0.0400. The molecule has 0 heterocycles. The number of rotatable bonds is 9. The third-order valence-electron chi connectivity index (χ3n) is 2.66. The van der Waals surface area contributed by atoms with Gasteiger partial charge in [0.15, 0.2) is 0 Å². The highest BCUT2D eigenvalue weighted by atomic mass is 16.5. The number of carbonyl (C=O) groups is 1. The van der Waals surface area contributed by atoms with E-state index < -0.39 is 5.97 Å². The summed E-state index contributed by atoms with van der Waals surface area (Å²) in [6.07, 6.45) is 3.16. The van der Waals surface area contributed by atoms with Gasteiger partial charge in [-0.25, -0.2) is 4.79 Å². The molecule has 0 unspecified atom stereocenters. The maximum atomic E-state index is 10.7. The van der Waals surface area contributed by atoms with Crippen molar-refractivity contribution in [2.45, 2.75) is 19.8 Å². The van der Waals surface area contributed by atoms with Crippen LogP contribution in [0.4, 0.5) is 0 Å². The van der Waals surface area contributed by atoms with Crippen LogP contribution >= 0.6 is 0 Å². The molecule has 0 saturated heterocycles. The summed E-state index contributed by atoms with van der Waals surface area (Å²) in [6, 6.07) is 9.69. The SMILES string of the molecule is CC/C(=C/CNCCCOc1ccccc1)C(=O)O. The normalized spacial score (nSPS) is 11.3. The fourth-order valence-electron chi connectivity index (χ4n) is 1.58. The second-order valence-electron chi connectivity index (χ2n) is 4.11. The predicted octanol–water partition coefficient (Wildman–Crippen LogP) is 2.47. The van der Waals surface area contributed by atoms with E-state index in [1.807, 2.05) is 37.3 Å². The maximum absolute atomic E-state index is 10.7. The third-order valence-corrected chi connectivity index (χ3v) is 2.66. The van der Waals surface area contributed by atoms with E-state index in [1.165, 1.54) is 0 Å². The van der Waals surface area contributed by atoms with Crippen molar-refractivity contribution >= 4 is 5.97 Å². The summed E-state index contributed by atoms with van der Waals surface area (Å²) in [6.45, 7) is 3.88. The Kier molecular flexibility index (Phi) is 7.35. The molecule has 0 spiro atoms. The second kappa shape index (κ2) is 9.16. The van der Waals surface area contributed by atoms with Crippen LogP contribution in [0, 0.1) is 0 Å². The van der Waals surface area contributed by atoms with E-state index in [-0.39, 0.29) is 0 Å². The number of aliphatic carboxylic acids is 1. The molecule has 19 heavy (non-hydrogen) atoms. The lowest BCUT2D eigenvalue weighted by Gasteiger charge is -2.06. The number of carboxylic acids is 1. The first-order chi connectivity index (χ1) is 9.24. The van der Waals surface area contributed by atoms with Gasteiger partial charge >= 0.3 is 5.97 Å². The average Bonchev–Trinajstić information content (AvgIpc) is 2.42. The molecule has 4 nitrogen and oxygen atoms in total. The van der Waals surface area contributed by atoms with Crippen LogP contribution < -0.4 is 10.1 Å². The molecule has 0 atom stereocenters. The van der Waals surface area contributed by atoms with E-state index in [2.05, 4.69) is 5.32 Å². The van der Waals surface area contributed by atoms with Gasteiger partial charge in [0.25, 0.3) is 0 Å². The zero-order chi connectivity index (χ0) is 13.9. The summed E-state index contributed by atoms with van der Waals surface area (Å²) in [7, 11) is 0. The van der Waals surface area contributed by atoms with Crippen molar-refractivity contribution in [3.8, 4) is 5.75 Å². The highest BCUT2D eigenvalue weighted by Gasteiger charge is 2.02. The van der Waals surface area contributed by atoms with Crippen LogP contribution in [-0.4, -0.2) is 30.8 Å². The molecule has 0 saturated carbocycles. The Labute approximate surface area is 114 Å². The molecule has 0 aliphatic rings. The minimum absolute atomic E-state index is 0.452. The quantitative estimate of drug-likeness (QED) is 0.531. The van der Waals surface area contributed by atoms with Crippen LogP contribution in [0.5, 0.6) is 5.75 Å². The Bertz CT molecular complexity index is 401. The molecule has 0 aliphatic carbocycles. The van der Waals surface area contributed by atoms with Crippen molar-refractivity contribution in [2.75, 3.05) is 19.7 Å². The van der Waals surface area contributed by atoms with Crippen molar-refractivity contribution in [3.63, 3.8) is 0 Å². The van der Waals surface area contributed by atoms with Crippen LogP contribution in [-0.2, 0) is 4.79 Å². The molecule has 104 valence electrons. The van der Waals surface area contributed by atoms with Gasteiger partial charge in [-0.1, -0.05) is 31.2 Å². The van der Waals surface area contributed by atoms with Crippen molar-refractivity contribution in [3.05, 3.63) is 42.0 Å². The zero-order valence-electron chi connectivity index (χ0n) is 11.3. The monoisotopic (exact) mass is 263 g/mol. The van der Waals surface area contributed by atoms with Crippen LogP contribution in [0.1, 0.15) is 19.8 Å². The zero-order valence-corrected chi connectivity index (χ0v) is 11.3. The van der Waals surface area contributed by atoms with Gasteiger partial charge in [0.2, 0.25) is 0 Å². The van der Waals surface area contributed by atoms with Gasteiger partial charge in [0.05, 0.1) is 6.61 Å². The largest absolute Gasteiger partial charge is 0.494 e. The topological polar surface area (TPSA) is 58.6 Å². The van der Waals surface area contributed by atoms with Gasteiger partial charge in [-0.05, 0) is 31.5 Å². The number of nitrogens with one attached hydrogen (secondary N) is 1. The number of carboxylic acid groups (broad SMARTS) is 1. The summed E-state index contributed by atoms with van der Waals surface area (Å²) >= 11 is 0. The molecule has 2 N–H and O–H groups in total. The Hall–Kier alpha value is -1.81. The first-order valence-corrected chi connectivity index (χ1v) is 6.55. The summed E-state index contributed by atoms with van der Waals surface area (Å²) in [4.78, 5) is 10.7. The standard InChI is InChI=1S/C15H21NO3/c1-2-13(15(17)18)9-11-16-10-6-12-19-14-7-4-3-5-8-14/h3-5,7-9,16H,2,6,10-12H2,1H3,(H,17,18)/b13-9-. The molecule has 0 radical (unpaired) electrons. The Morgan fingerprint density at radius 2 is 2.11 bits per heavy atom. The van der Waals surface area contributed by atoms with E-state index >= 15 is 0 Å². The fraction of sp³-hybridized carbons (Fsp3) is 0.400. The number of para-hydroxylation sites is 1. The average molecular weight is 263 g/mol. The second-order valence-corrected chi connectivity index (χ2v) is 4.11. The molecule has 1 aromatic rings. The minimum Gasteiger partial charge on any atom is -0.494 e. The highest BCUT2D eigenvalue weighted by Crippen LogP contribution is 2.08. The van der Waals surface area contributed by atoms with Crippen molar-refractivity contribution in [1.29, 1.82) is 0 Å². The lowest BCUT2D eigenvalue weighted by molar-refractivity contribution is -0.132. The summed E-state index contributed by atoms with van der Waals surface area (Å²) in [5, 5.41) is 12.0. The lowest BCUT2D eigenvalue weighted by atomic mass is 10.2. The Morgan fingerprint density at radius 3 is 2.74 bits per heavy atom. The van der Waals surface area contributed by atoms with Gasteiger partial charge in [0, 0.05) is 12.1 Å². The van der Waals surface area contributed by atoms with Gasteiger partial charge in [-0.2, -0.15) is 0 Å². The molecular formula is C15H21NO3. The Balaban J connectivity index is 2.07. The first-order valence-electron chi connectivity index (χ1n) is 6.55. The molecule has 0 amide bonds. The smallest absolute Gasteiger partial charge is 0.331 e.